The maximum Gasteiger partial charge on any atom is 0.165 e. The number of para-hydroxylation sites is 2. The molecule has 0 amide bonds. The van der Waals surface area contributed by atoms with E-state index < -0.39 is 0 Å². The number of aromatic nitrogens is 3. The van der Waals surface area contributed by atoms with Crippen LogP contribution in [0.25, 0.3) is 82.2 Å². The van der Waals surface area contributed by atoms with Gasteiger partial charge in [-0.3, -0.25) is 4.57 Å². The van der Waals surface area contributed by atoms with E-state index >= 15 is 0 Å². The third-order valence-electron chi connectivity index (χ3n) is 8.31. The summed E-state index contributed by atoms with van der Waals surface area (Å²) in [4.78, 5) is 10.6. The summed E-state index contributed by atoms with van der Waals surface area (Å²) >= 11 is 0. The highest BCUT2D eigenvalue weighted by Gasteiger charge is 2.21. The predicted molar refractivity (Wildman–Crippen MR) is 172 cm³/mol. The highest BCUT2D eigenvalue weighted by Crippen LogP contribution is 2.40. The standard InChI is InChI=1S/C38H23N3/c1-2-11-26-21-29(18-17-24(26)9-1)36-38(40-34-16-8-7-15-33(34)39-36)41-35-23-28-13-4-3-12-27(28)22-32(35)31-20-19-25-10-5-6-14-30(25)37(31)41/h1-23H. The minimum absolute atomic E-state index is 0.839. The molecule has 3 nitrogen and oxygen atoms in total. The normalized spacial score (nSPS) is 11.9. The number of hydrogen-bond donors (Lipinski definition) is 0. The summed E-state index contributed by atoms with van der Waals surface area (Å²) in [6, 6.07) is 49.6. The SMILES string of the molecule is c1ccc2cc(-c3nc4ccccc4nc3-n3c4cc5ccccc5cc4c4ccc5ccccc5c43)ccc2c1. The van der Waals surface area contributed by atoms with Gasteiger partial charge in [-0.05, 0) is 57.3 Å². The van der Waals surface area contributed by atoms with Crippen LogP contribution >= 0.6 is 0 Å². The number of hydrogen-bond acceptors (Lipinski definition) is 2. The molecule has 2 heterocycles. The van der Waals surface area contributed by atoms with Crippen molar-refractivity contribution in [2.24, 2.45) is 0 Å². The molecule has 0 bridgehead atoms. The zero-order chi connectivity index (χ0) is 26.9. The van der Waals surface area contributed by atoms with Gasteiger partial charge in [-0.2, -0.15) is 0 Å². The minimum atomic E-state index is 0.839. The van der Waals surface area contributed by atoms with Crippen LogP contribution in [-0.4, -0.2) is 14.5 Å². The van der Waals surface area contributed by atoms with Gasteiger partial charge in [0, 0.05) is 21.7 Å². The Balaban J connectivity index is 1.49. The van der Waals surface area contributed by atoms with Crippen molar-refractivity contribution in [2.45, 2.75) is 0 Å². The van der Waals surface area contributed by atoms with Crippen LogP contribution in [0.3, 0.4) is 0 Å². The second-order valence-corrected chi connectivity index (χ2v) is 10.7. The smallest absolute Gasteiger partial charge is 0.165 e. The van der Waals surface area contributed by atoms with E-state index in [9.17, 15) is 0 Å². The zero-order valence-corrected chi connectivity index (χ0v) is 22.1. The number of rotatable bonds is 2. The molecule has 0 radical (unpaired) electrons. The molecule has 0 saturated heterocycles. The Hall–Kier alpha value is -5.54. The van der Waals surface area contributed by atoms with Gasteiger partial charge in [0.25, 0.3) is 0 Å². The van der Waals surface area contributed by atoms with E-state index in [0.29, 0.717) is 0 Å². The Morgan fingerprint density at radius 3 is 1.83 bits per heavy atom. The van der Waals surface area contributed by atoms with E-state index in [0.717, 1.165) is 39.1 Å². The summed E-state index contributed by atoms with van der Waals surface area (Å²) in [6.07, 6.45) is 0. The second-order valence-electron chi connectivity index (χ2n) is 10.7. The molecule has 7 aromatic carbocycles. The molecule has 9 aromatic rings. The molecular formula is C38H23N3. The summed E-state index contributed by atoms with van der Waals surface area (Å²) < 4.78 is 2.35. The van der Waals surface area contributed by atoms with Crippen molar-refractivity contribution in [1.29, 1.82) is 0 Å². The molecule has 3 heteroatoms. The molecule has 0 unspecified atom stereocenters. The fourth-order valence-corrected chi connectivity index (χ4v) is 6.36. The molecule has 0 atom stereocenters. The van der Waals surface area contributed by atoms with Gasteiger partial charge in [-0.25, -0.2) is 9.97 Å². The summed E-state index contributed by atoms with van der Waals surface area (Å²) in [5.74, 6) is 0.839. The molecule has 190 valence electrons. The third-order valence-corrected chi connectivity index (χ3v) is 8.31. The van der Waals surface area contributed by atoms with E-state index in [1.807, 2.05) is 18.2 Å². The molecule has 0 fully saturated rings. The molecular weight excluding hydrogens is 498 g/mol. The van der Waals surface area contributed by atoms with E-state index in [4.69, 9.17) is 9.97 Å². The molecule has 41 heavy (non-hydrogen) atoms. The topological polar surface area (TPSA) is 30.7 Å². The third kappa shape index (κ3) is 3.33. The fraction of sp³-hybridized carbons (Fsp3) is 0. The van der Waals surface area contributed by atoms with Crippen molar-refractivity contribution in [3.05, 3.63) is 140 Å². The van der Waals surface area contributed by atoms with Gasteiger partial charge in [-0.1, -0.05) is 109 Å². The molecule has 0 aliphatic carbocycles. The summed E-state index contributed by atoms with van der Waals surface area (Å²) in [6.45, 7) is 0. The first-order valence-electron chi connectivity index (χ1n) is 13.9. The van der Waals surface area contributed by atoms with Crippen LogP contribution in [0.1, 0.15) is 0 Å². The highest BCUT2D eigenvalue weighted by molar-refractivity contribution is 6.21. The van der Waals surface area contributed by atoms with Gasteiger partial charge in [0.1, 0.15) is 5.69 Å². The first-order valence-corrected chi connectivity index (χ1v) is 13.9. The molecule has 0 spiro atoms. The van der Waals surface area contributed by atoms with Crippen LogP contribution in [-0.2, 0) is 0 Å². The van der Waals surface area contributed by atoms with Crippen LogP contribution in [0, 0.1) is 0 Å². The van der Waals surface area contributed by atoms with Gasteiger partial charge in [0.2, 0.25) is 0 Å². The van der Waals surface area contributed by atoms with Gasteiger partial charge >= 0.3 is 0 Å². The fourth-order valence-electron chi connectivity index (χ4n) is 6.36. The van der Waals surface area contributed by atoms with Crippen LogP contribution in [0.15, 0.2) is 140 Å². The summed E-state index contributed by atoms with van der Waals surface area (Å²) in [7, 11) is 0. The summed E-state index contributed by atoms with van der Waals surface area (Å²) in [5, 5.41) is 9.65. The van der Waals surface area contributed by atoms with Crippen molar-refractivity contribution < 1.29 is 0 Å². The molecule has 0 aliphatic rings. The maximum absolute atomic E-state index is 5.36. The van der Waals surface area contributed by atoms with Gasteiger partial charge in [0.15, 0.2) is 5.82 Å². The second kappa shape index (κ2) is 8.48. The van der Waals surface area contributed by atoms with E-state index in [2.05, 4.69) is 126 Å². The maximum atomic E-state index is 5.36. The first-order chi connectivity index (χ1) is 20.3. The number of nitrogens with zero attached hydrogens (tertiary/aromatic N) is 3. The number of fused-ring (bicyclic) bond motifs is 8. The predicted octanol–water partition coefficient (Wildman–Crippen LogP) is 9.85. The highest BCUT2D eigenvalue weighted by atomic mass is 15.1. The lowest BCUT2D eigenvalue weighted by Gasteiger charge is -2.15. The van der Waals surface area contributed by atoms with Crippen molar-refractivity contribution in [2.75, 3.05) is 0 Å². The molecule has 0 aliphatic heterocycles. The van der Waals surface area contributed by atoms with Crippen molar-refractivity contribution in [3.8, 4) is 17.1 Å². The average Bonchev–Trinajstić information content (AvgIpc) is 3.36. The Kier molecular flexibility index (Phi) is 4.61. The lowest BCUT2D eigenvalue weighted by atomic mass is 10.0. The van der Waals surface area contributed by atoms with Crippen molar-refractivity contribution >= 4 is 65.2 Å². The molecule has 9 rings (SSSR count). The van der Waals surface area contributed by atoms with Crippen molar-refractivity contribution in [3.63, 3.8) is 0 Å². The van der Waals surface area contributed by atoms with Gasteiger partial charge in [-0.15, -0.1) is 0 Å². The lowest BCUT2D eigenvalue weighted by molar-refractivity contribution is 1.08. The Morgan fingerprint density at radius 1 is 0.415 bits per heavy atom. The molecule has 0 saturated carbocycles. The lowest BCUT2D eigenvalue weighted by Crippen LogP contribution is -2.04. The van der Waals surface area contributed by atoms with Crippen LogP contribution in [0.5, 0.6) is 0 Å². The van der Waals surface area contributed by atoms with Crippen LogP contribution < -0.4 is 0 Å². The number of benzene rings is 7. The quantitative estimate of drug-likeness (QED) is 0.227. The van der Waals surface area contributed by atoms with E-state index in [1.165, 1.54) is 43.1 Å². The van der Waals surface area contributed by atoms with Crippen LogP contribution in [0.4, 0.5) is 0 Å². The molecule has 2 aromatic heterocycles. The van der Waals surface area contributed by atoms with E-state index in [1.54, 1.807) is 0 Å². The zero-order valence-electron chi connectivity index (χ0n) is 22.1. The summed E-state index contributed by atoms with van der Waals surface area (Å²) in [5.41, 5.74) is 5.96. The average molecular weight is 522 g/mol. The Labute approximate surface area is 235 Å². The largest absolute Gasteiger partial charge is 0.291 e. The first kappa shape index (κ1) is 22.3. The van der Waals surface area contributed by atoms with Crippen LogP contribution in [0.2, 0.25) is 0 Å². The Bertz CT molecular complexity index is 2490. The Morgan fingerprint density at radius 2 is 1.02 bits per heavy atom. The van der Waals surface area contributed by atoms with Crippen molar-refractivity contribution in [1.82, 2.24) is 14.5 Å². The van der Waals surface area contributed by atoms with Gasteiger partial charge < -0.3 is 0 Å². The van der Waals surface area contributed by atoms with E-state index in [-0.39, 0.29) is 0 Å². The monoisotopic (exact) mass is 521 g/mol. The minimum Gasteiger partial charge on any atom is -0.291 e. The molecule has 0 N–H and O–H groups in total. The van der Waals surface area contributed by atoms with Gasteiger partial charge in [0.05, 0.1) is 22.1 Å².